The molecule has 0 saturated carbocycles. The Morgan fingerprint density at radius 3 is 2.54 bits per heavy atom. The highest BCUT2D eigenvalue weighted by Gasteiger charge is 2.28. The van der Waals surface area contributed by atoms with Crippen LogP contribution in [0.5, 0.6) is 5.75 Å². The minimum Gasteiger partial charge on any atom is -0.484 e. The van der Waals surface area contributed by atoms with Gasteiger partial charge in [0.05, 0.1) is 15.2 Å². The second kappa shape index (κ2) is 9.05. The zero-order chi connectivity index (χ0) is 20.0. The highest BCUT2D eigenvalue weighted by molar-refractivity contribution is 7.18. The summed E-state index contributed by atoms with van der Waals surface area (Å²) in [4.78, 5) is 16.6. The molecule has 0 aliphatic rings. The first-order chi connectivity index (χ1) is 13.4. The summed E-state index contributed by atoms with van der Waals surface area (Å²) in [6.45, 7) is -1.34. The van der Waals surface area contributed by atoms with Gasteiger partial charge < -0.3 is 10.1 Å². The van der Waals surface area contributed by atoms with Crippen LogP contribution in [0, 0.1) is 0 Å². The third kappa shape index (κ3) is 6.23. The third-order valence-corrected chi connectivity index (χ3v) is 5.02. The molecular weight excluding hydrogens is 389 g/mol. The van der Waals surface area contributed by atoms with E-state index in [1.807, 2.05) is 24.3 Å². The minimum atomic E-state index is -4.38. The van der Waals surface area contributed by atoms with Crippen molar-refractivity contribution in [1.29, 1.82) is 0 Å². The van der Waals surface area contributed by atoms with E-state index in [1.54, 1.807) is 11.3 Å². The molecule has 1 N–H and O–H groups in total. The first kappa shape index (κ1) is 20.1. The van der Waals surface area contributed by atoms with E-state index in [0.29, 0.717) is 12.1 Å². The summed E-state index contributed by atoms with van der Waals surface area (Å²) in [6.07, 6.45) is -1.58. The molecule has 4 nitrogen and oxygen atoms in total. The van der Waals surface area contributed by atoms with Gasteiger partial charge in [-0.1, -0.05) is 12.1 Å². The molecule has 3 aromatic rings. The normalized spacial score (nSPS) is 11.5. The van der Waals surface area contributed by atoms with Crippen LogP contribution in [-0.4, -0.2) is 23.7 Å². The molecule has 0 spiro atoms. The number of carbonyl (C=O) groups excluding carboxylic acids is 1. The molecule has 148 valence electrons. The lowest BCUT2D eigenvalue weighted by atomic mass is 10.2. The number of hydrogen-bond acceptors (Lipinski definition) is 4. The fourth-order valence-electron chi connectivity index (χ4n) is 2.61. The first-order valence-corrected chi connectivity index (χ1v) is 9.65. The van der Waals surface area contributed by atoms with Crippen LogP contribution in [0.4, 0.5) is 18.9 Å². The third-order valence-electron chi connectivity index (χ3n) is 3.92. The molecule has 0 aliphatic heterocycles. The standard InChI is InChI=1S/C20H19F3N2O2S/c21-20(22,23)13-27-15-11-9-14(10-12-15)24-18(26)7-3-4-8-19-25-16-5-1-2-6-17(16)28-19/h1-2,5-6,9-12H,3-4,7-8,13H2,(H,24,26). The summed E-state index contributed by atoms with van der Waals surface area (Å²) in [7, 11) is 0. The zero-order valence-electron chi connectivity index (χ0n) is 15.0. The summed E-state index contributed by atoms with van der Waals surface area (Å²) < 4.78 is 42.1. The predicted molar refractivity (Wildman–Crippen MR) is 104 cm³/mol. The number of aryl methyl sites for hydroxylation is 1. The van der Waals surface area contributed by atoms with Crippen LogP contribution in [0.1, 0.15) is 24.3 Å². The predicted octanol–water partition coefficient (Wildman–Crippen LogP) is 5.59. The number of para-hydroxylation sites is 1. The average Bonchev–Trinajstić information content (AvgIpc) is 3.07. The molecule has 0 saturated heterocycles. The van der Waals surface area contributed by atoms with E-state index < -0.39 is 12.8 Å². The van der Waals surface area contributed by atoms with E-state index in [-0.39, 0.29) is 11.7 Å². The molecule has 0 radical (unpaired) electrons. The van der Waals surface area contributed by atoms with E-state index in [4.69, 9.17) is 0 Å². The number of hydrogen-bond donors (Lipinski definition) is 1. The van der Waals surface area contributed by atoms with Gasteiger partial charge in [0.15, 0.2) is 6.61 Å². The number of unbranched alkanes of at least 4 members (excludes halogenated alkanes) is 1. The molecular formula is C20H19F3N2O2S. The fourth-order valence-corrected chi connectivity index (χ4v) is 3.62. The van der Waals surface area contributed by atoms with Crippen molar-refractivity contribution in [3.63, 3.8) is 0 Å². The Labute approximate surface area is 164 Å². The molecule has 0 fully saturated rings. The first-order valence-electron chi connectivity index (χ1n) is 8.83. The van der Waals surface area contributed by atoms with Gasteiger partial charge in [0, 0.05) is 12.1 Å². The maximum Gasteiger partial charge on any atom is 0.422 e. The minimum absolute atomic E-state index is 0.103. The van der Waals surface area contributed by atoms with E-state index >= 15 is 0 Å². The lowest BCUT2D eigenvalue weighted by Crippen LogP contribution is -2.19. The monoisotopic (exact) mass is 408 g/mol. The second-order valence-corrected chi connectivity index (χ2v) is 7.37. The van der Waals surface area contributed by atoms with Crippen LogP contribution in [0.15, 0.2) is 48.5 Å². The number of fused-ring (bicyclic) bond motifs is 1. The van der Waals surface area contributed by atoms with Crippen LogP contribution in [-0.2, 0) is 11.2 Å². The quantitative estimate of drug-likeness (QED) is 0.495. The number of benzene rings is 2. The molecule has 0 atom stereocenters. The number of halogens is 3. The van der Waals surface area contributed by atoms with Crippen molar-refractivity contribution < 1.29 is 22.7 Å². The molecule has 3 rings (SSSR count). The molecule has 1 amide bonds. The summed E-state index contributed by atoms with van der Waals surface area (Å²) in [5.41, 5.74) is 1.53. The van der Waals surface area contributed by atoms with E-state index in [1.165, 1.54) is 24.3 Å². The Hall–Kier alpha value is -2.61. The molecule has 28 heavy (non-hydrogen) atoms. The van der Waals surface area contributed by atoms with E-state index in [0.717, 1.165) is 34.5 Å². The average molecular weight is 408 g/mol. The molecule has 0 bridgehead atoms. The molecule has 2 aromatic carbocycles. The highest BCUT2D eigenvalue weighted by Crippen LogP contribution is 2.23. The molecule has 0 aliphatic carbocycles. The number of nitrogens with zero attached hydrogens (tertiary/aromatic N) is 1. The maximum atomic E-state index is 12.1. The van der Waals surface area contributed by atoms with E-state index in [9.17, 15) is 18.0 Å². The van der Waals surface area contributed by atoms with Crippen LogP contribution in [0.3, 0.4) is 0 Å². The largest absolute Gasteiger partial charge is 0.484 e. The Morgan fingerprint density at radius 1 is 1.07 bits per heavy atom. The smallest absolute Gasteiger partial charge is 0.422 e. The number of rotatable bonds is 8. The van der Waals surface area contributed by atoms with Crippen LogP contribution < -0.4 is 10.1 Å². The van der Waals surface area contributed by atoms with Crippen LogP contribution >= 0.6 is 11.3 Å². The van der Waals surface area contributed by atoms with Gasteiger partial charge in [-0.15, -0.1) is 11.3 Å². The fraction of sp³-hybridized carbons (Fsp3) is 0.300. The number of aromatic nitrogens is 1. The Morgan fingerprint density at radius 2 is 1.82 bits per heavy atom. The van der Waals surface area contributed by atoms with Crippen molar-refractivity contribution in [2.24, 2.45) is 0 Å². The number of ether oxygens (including phenoxy) is 1. The SMILES string of the molecule is O=C(CCCCc1nc2ccccc2s1)Nc1ccc(OCC(F)(F)F)cc1. The molecule has 0 unspecified atom stereocenters. The van der Waals surface area contributed by atoms with Gasteiger partial charge in [-0.3, -0.25) is 4.79 Å². The van der Waals surface area contributed by atoms with Gasteiger partial charge in [-0.05, 0) is 55.7 Å². The summed E-state index contributed by atoms with van der Waals surface area (Å²) in [5, 5.41) is 3.80. The topological polar surface area (TPSA) is 51.2 Å². The second-order valence-electron chi connectivity index (χ2n) is 6.26. The highest BCUT2D eigenvalue weighted by atomic mass is 32.1. The lowest BCUT2D eigenvalue weighted by molar-refractivity contribution is -0.153. The number of anilines is 1. The van der Waals surface area contributed by atoms with E-state index in [2.05, 4.69) is 15.0 Å². The van der Waals surface area contributed by atoms with Crippen molar-refractivity contribution in [1.82, 2.24) is 4.98 Å². The molecule has 1 aromatic heterocycles. The van der Waals surface area contributed by atoms with Crippen molar-refractivity contribution in [3.05, 3.63) is 53.5 Å². The molecule has 1 heterocycles. The maximum absolute atomic E-state index is 12.1. The van der Waals surface area contributed by atoms with Gasteiger partial charge in [0.25, 0.3) is 0 Å². The lowest BCUT2D eigenvalue weighted by Gasteiger charge is -2.10. The Balaban J connectivity index is 1.38. The number of thiazole rings is 1. The zero-order valence-corrected chi connectivity index (χ0v) is 15.8. The van der Waals surface area contributed by atoms with Crippen LogP contribution in [0.25, 0.3) is 10.2 Å². The molecule has 8 heteroatoms. The summed E-state index contributed by atoms with van der Waals surface area (Å²) >= 11 is 1.67. The number of amides is 1. The number of carbonyl (C=O) groups is 1. The van der Waals surface area contributed by atoms with Crippen molar-refractivity contribution in [2.75, 3.05) is 11.9 Å². The van der Waals surface area contributed by atoms with Gasteiger partial charge >= 0.3 is 6.18 Å². The Kier molecular flexibility index (Phi) is 6.51. The summed E-state index contributed by atoms with van der Waals surface area (Å²) in [6, 6.07) is 13.8. The van der Waals surface area contributed by atoms with Crippen LogP contribution in [0.2, 0.25) is 0 Å². The van der Waals surface area contributed by atoms with Gasteiger partial charge in [0.2, 0.25) is 5.91 Å². The van der Waals surface area contributed by atoms with Crippen molar-refractivity contribution in [2.45, 2.75) is 31.9 Å². The van der Waals surface area contributed by atoms with Crippen molar-refractivity contribution >= 4 is 33.1 Å². The van der Waals surface area contributed by atoms with Crippen molar-refractivity contribution in [3.8, 4) is 5.75 Å². The van der Waals surface area contributed by atoms with Gasteiger partial charge in [0.1, 0.15) is 5.75 Å². The van der Waals surface area contributed by atoms with Gasteiger partial charge in [-0.25, -0.2) is 4.98 Å². The van der Waals surface area contributed by atoms with Gasteiger partial charge in [-0.2, -0.15) is 13.2 Å². The Bertz CT molecular complexity index is 890. The number of alkyl halides is 3. The summed E-state index contributed by atoms with van der Waals surface area (Å²) in [5.74, 6) is -0.0283. The number of nitrogens with one attached hydrogen (secondary N) is 1.